The van der Waals surface area contributed by atoms with E-state index < -0.39 is 0 Å². The van der Waals surface area contributed by atoms with Crippen molar-refractivity contribution < 1.29 is 4.42 Å². The van der Waals surface area contributed by atoms with Crippen LogP contribution in [-0.4, -0.2) is 19.1 Å². The number of benzene rings is 7. The van der Waals surface area contributed by atoms with E-state index >= 15 is 0 Å². The molecule has 5 heteroatoms. The molecule has 0 aliphatic heterocycles. The van der Waals surface area contributed by atoms with Crippen molar-refractivity contribution in [3.63, 3.8) is 0 Å². The maximum absolute atomic E-state index is 6.45. The SMILES string of the molecule is c1ccc(-c2cc(-c3ccccc3)nc(-n3c4ccccc4c4ccc5c(c6ccc7oc8ccccc8c7c6n5-c5ccccc5)c43)n2)cc1. The van der Waals surface area contributed by atoms with Gasteiger partial charge in [-0.1, -0.05) is 121 Å². The number of aromatic nitrogens is 4. The van der Waals surface area contributed by atoms with E-state index in [1.54, 1.807) is 0 Å². The van der Waals surface area contributed by atoms with Crippen LogP contribution in [0.1, 0.15) is 0 Å². The quantitative estimate of drug-likeness (QED) is 0.190. The lowest BCUT2D eigenvalue weighted by atomic mass is 10.1. The monoisotopic (exact) mass is 652 g/mol. The van der Waals surface area contributed by atoms with Gasteiger partial charge in [-0.2, -0.15) is 0 Å². The van der Waals surface area contributed by atoms with E-state index in [4.69, 9.17) is 14.4 Å². The van der Waals surface area contributed by atoms with Crippen LogP contribution in [0.5, 0.6) is 0 Å². The zero-order valence-electron chi connectivity index (χ0n) is 27.4. The van der Waals surface area contributed by atoms with Gasteiger partial charge >= 0.3 is 0 Å². The highest BCUT2D eigenvalue weighted by Gasteiger charge is 2.25. The van der Waals surface area contributed by atoms with Crippen LogP contribution in [0.4, 0.5) is 0 Å². The Balaban J connectivity index is 1.35. The highest BCUT2D eigenvalue weighted by Crippen LogP contribution is 2.45. The normalized spacial score (nSPS) is 11.9. The Hall–Kier alpha value is -6.98. The van der Waals surface area contributed by atoms with Gasteiger partial charge in [0.1, 0.15) is 11.2 Å². The highest BCUT2D eigenvalue weighted by molar-refractivity contribution is 6.31. The first kappa shape index (κ1) is 27.9. The van der Waals surface area contributed by atoms with Gasteiger partial charge in [-0.15, -0.1) is 0 Å². The molecule has 0 unspecified atom stereocenters. The fraction of sp³-hybridized carbons (Fsp3) is 0. The molecule has 0 fully saturated rings. The fourth-order valence-electron chi connectivity index (χ4n) is 7.95. The number of para-hydroxylation sites is 3. The molecule has 11 rings (SSSR count). The van der Waals surface area contributed by atoms with Gasteiger partial charge in [0.05, 0.1) is 38.8 Å². The van der Waals surface area contributed by atoms with Crippen molar-refractivity contribution in [2.45, 2.75) is 0 Å². The predicted molar refractivity (Wildman–Crippen MR) is 209 cm³/mol. The molecule has 0 radical (unpaired) electrons. The highest BCUT2D eigenvalue weighted by atomic mass is 16.3. The first-order chi connectivity index (χ1) is 25.3. The van der Waals surface area contributed by atoms with Gasteiger partial charge in [0.25, 0.3) is 0 Å². The smallest absolute Gasteiger partial charge is 0.235 e. The van der Waals surface area contributed by atoms with Gasteiger partial charge in [0, 0.05) is 43.7 Å². The van der Waals surface area contributed by atoms with Crippen molar-refractivity contribution in [2.24, 2.45) is 0 Å². The second-order valence-electron chi connectivity index (χ2n) is 13.0. The fourth-order valence-corrected chi connectivity index (χ4v) is 7.95. The third kappa shape index (κ3) is 4.09. The van der Waals surface area contributed by atoms with Crippen LogP contribution in [-0.2, 0) is 0 Å². The Morgan fingerprint density at radius 2 is 0.980 bits per heavy atom. The van der Waals surface area contributed by atoms with Gasteiger partial charge < -0.3 is 8.98 Å². The maximum atomic E-state index is 6.45. The molecule has 0 bridgehead atoms. The summed E-state index contributed by atoms with van der Waals surface area (Å²) in [4.78, 5) is 10.7. The molecule has 11 aromatic rings. The number of fused-ring (bicyclic) bond motifs is 11. The van der Waals surface area contributed by atoms with Gasteiger partial charge in [0.2, 0.25) is 5.95 Å². The van der Waals surface area contributed by atoms with E-state index in [0.717, 1.165) is 93.8 Å². The molecule has 0 aliphatic carbocycles. The van der Waals surface area contributed by atoms with Gasteiger partial charge in [0.15, 0.2) is 0 Å². The molecule has 0 atom stereocenters. The summed E-state index contributed by atoms with van der Waals surface area (Å²) in [6.45, 7) is 0. The zero-order chi connectivity index (χ0) is 33.5. The summed E-state index contributed by atoms with van der Waals surface area (Å²) < 4.78 is 11.1. The Labute approximate surface area is 292 Å². The molecule has 0 saturated carbocycles. The molecule has 0 spiro atoms. The minimum Gasteiger partial charge on any atom is -0.456 e. The van der Waals surface area contributed by atoms with Gasteiger partial charge in [-0.05, 0) is 48.5 Å². The van der Waals surface area contributed by atoms with E-state index in [9.17, 15) is 0 Å². The summed E-state index contributed by atoms with van der Waals surface area (Å²) in [7, 11) is 0. The number of rotatable bonds is 4. The van der Waals surface area contributed by atoms with Crippen LogP contribution < -0.4 is 0 Å². The minimum atomic E-state index is 0.629. The predicted octanol–water partition coefficient (Wildman–Crippen LogP) is 11.9. The second-order valence-corrected chi connectivity index (χ2v) is 13.0. The second kappa shape index (κ2) is 10.8. The zero-order valence-corrected chi connectivity index (χ0v) is 27.4. The van der Waals surface area contributed by atoms with Crippen LogP contribution >= 0.6 is 0 Å². The number of hydrogen-bond donors (Lipinski definition) is 0. The average Bonchev–Trinajstić information content (AvgIpc) is 3.86. The molecule has 5 nitrogen and oxygen atoms in total. The lowest BCUT2D eigenvalue weighted by molar-refractivity contribution is 0.669. The van der Waals surface area contributed by atoms with Gasteiger partial charge in [-0.25, -0.2) is 9.97 Å². The third-order valence-electron chi connectivity index (χ3n) is 10.1. The summed E-state index contributed by atoms with van der Waals surface area (Å²) in [6.07, 6.45) is 0. The van der Waals surface area contributed by atoms with Crippen LogP contribution in [0.2, 0.25) is 0 Å². The third-order valence-corrected chi connectivity index (χ3v) is 10.1. The van der Waals surface area contributed by atoms with Crippen molar-refractivity contribution >= 4 is 65.6 Å². The first-order valence-electron chi connectivity index (χ1n) is 17.2. The minimum absolute atomic E-state index is 0.629. The Bertz CT molecular complexity index is 3060. The number of furan rings is 1. The number of nitrogens with zero attached hydrogens (tertiary/aromatic N) is 4. The van der Waals surface area contributed by atoms with Crippen molar-refractivity contribution in [1.29, 1.82) is 0 Å². The molecule has 0 amide bonds. The molecule has 238 valence electrons. The molecular formula is C46H28N4O. The largest absolute Gasteiger partial charge is 0.456 e. The summed E-state index contributed by atoms with van der Waals surface area (Å²) in [5.41, 5.74) is 11.0. The van der Waals surface area contributed by atoms with Crippen molar-refractivity contribution in [3.8, 4) is 34.2 Å². The average molecular weight is 653 g/mol. The topological polar surface area (TPSA) is 48.8 Å². The molecule has 4 heterocycles. The summed E-state index contributed by atoms with van der Waals surface area (Å²) in [5, 5.41) is 6.79. The maximum Gasteiger partial charge on any atom is 0.235 e. The van der Waals surface area contributed by atoms with Crippen LogP contribution in [0.25, 0.3) is 99.7 Å². The Kier molecular flexibility index (Phi) is 5.89. The van der Waals surface area contributed by atoms with Crippen molar-refractivity contribution in [1.82, 2.24) is 19.1 Å². The van der Waals surface area contributed by atoms with Crippen molar-refractivity contribution in [3.05, 3.63) is 170 Å². The summed E-state index contributed by atoms with van der Waals surface area (Å²) >= 11 is 0. The molecular weight excluding hydrogens is 625 g/mol. The molecule has 0 N–H and O–H groups in total. The summed E-state index contributed by atoms with van der Waals surface area (Å²) in [5.74, 6) is 0.629. The van der Waals surface area contributed by atoms with Crippen LogP contribution in [0.3, 0.4) is 0 Å². The van der Waals surface area contributed by atoms with Crippen molar-refractivity contribution in [2.75, 3.05) is 0 Å². The van der Waals surface area contributed by atoms with Gasteiger partial charge in [-0.3, -0.25) is 4.57 Å². The standard InChI is InChI=1S/C46H28N4O/c1-4-14-29(15-5-1)36-28-37(30-16-6-2-7-17-30)48-46(47-36)50-38-22-12-10-20-32(38)33-24-26-39-42(44(33)50)35-25-27-41-43(34-21-11-13-23-40(34)51-41)45(35)49(39)31-18-8-3-9-19-31/h1-28H. The Morgan fingerprint density at radius 3 is 1.71 bits per heavy atom. The van der Waals surface area contributed by atoms with Crippen LogP contribution in [0.15, 0.2) is 174 Å². The van der Waals surface area contributed by atoms with E-state index in [1.807, 2.05) is 24.3 Å². The molecule has 4 aromatic heterocycles. The van der Waals surface area contributed by atoms with E-state index in [0.29, 0.717) is 5.95 Å². The van der Waals surface area contributed by atoms with E-state index in [2.05, 4.69) is 155 Å². The molecule has 7 aromatic carbocycles. The lowest BCUT2D eigenvalue weighted by Gasteiger charge is -2.12. The molecule has 0 aliphatic rings. The Morgan fingerprint density at radius 1 is 0.392 bits per heavy atom. The van der Waals surface area contributed by atoms with Crippen LogP contribution in [0, 0.1) is 0 Å². The lowest BCUT2D eigenvalue weighted by Crippen LogP contribution is -2.04. The van der Waals surface area contributed by atoms with E-state index in [-0.39, 0.29) is 0 Å². The number of hydrogen-bond acceptors (Lipinski definition) is 3. The van der Waals surface area contributed by atoms with E-state index in [1.165, 1.54) is 0 Å². The molecule has 0 saturated heterocycles. The first-order valence-corrected chi connectivity index (χ1v) is 17.2. The molecule has 51 heavy (non-hydrogen) atoms. The summed E-state index contributed by atoms with van der Waals surface area (Å²) in [6, 6.07) is 59.3.